The maximum Gasteiger partial charge on any atom is 0.173 e. The van der Waals surface area contributed by atoms with Gasteiger partial charge in [-0.15, -0.1) is 5.10 Å². The molecule has 0 unspecified atom stereocenters. The van der Waals surface area contributed by atoms with Crippen molar-refractivity contribution in [1.82, 2.24) is 25.1 Å². The Morgan fingerprint density at radius 3 is 2.22 bits per heavy atom. The van der Waals surface area contributed by atoms with Gasteiger partial charge >= 0.3 is 0 Å². The SMILES string of the molecule is COc1ccc(N2CCN([C@@H](c3ccc(N(C)C)cc3)c3nnnn3CCc3ccccc3)CC2)cc1. The van der Waals surface area contributed by atoms with Crippen LogP contribution < -0.4 is 14.5 Å². The molecule has 1 fully saturated rings. The number of tetrazole rings is 1. The topological polar surface area (TPSA) is 62.6 Å². The molecule has 192 valence electrons. The number of rotatable bonds is 9. The first-order chi connectivity index (χ1) is 18.1. The quantitative estimate of drug-likeness (QED) is 0.348. The van der Waals surface area contributed by atoms with E-state index in [-0.39, 0.29) is 6.04 Å². The number of anilines is 2. The third kappa shape index (κ3) is 5.75. The molecule has 1 saturated heterocycles. The van der Waals surface area contributed by atoms with Crippen molar-refractivity contribution in [2.45, 2.75) is 19.0 Å². The molecule has 2 heterocycles. The predicted octanol–water partition coefficient (Wildman–Crippen LogP) is 3.90. The molecule has 0 amide bonds. The third-order valence-electron chi connectivity index (χ3n) is 7.10. The summed E-state index contributed by atoms with van der Waals surface area (Å²) in [6.45, 7) is 4.44. The van der Waals surface area contributed by atoms with Gasteiger partial charge < -0.3 is 14.5 Å². The van der Waals surface area contributed by atoms with Crippen molar-refractivity contribution in [3.8, 4) is 5.75 Å². The molecule has 1 atom stereocenters. The minimum atomic E-state index is -0.0139. The van der Waals surface area contributed by atoms with Crippen molar-refractivity contribution in [2.24, 2.45) is 0 Å². The number of piperazine rings is 1. The van der Waals surface area contributed by atoms with Gasteiger partial charge in [0.05, 0.1) is 13.2 Å². The number of benzene rings is 3. The fourth-order valence-corrected chi connectivity index (χ4v) is 4.96. The maximum absolute atomic E-state index is 5.33. The number of aryl methyl sites for hydroxylation is 2. The van der Waals surface area contributed by atoms with Gasteiger partial charge in [0.2, 0.25) is 0 Å². The van der Waals surface area contributed by atoms with Crippen molar-refractivity contribution < 1.29 is 4.74 Å². The molecule has 1 aliphatic rings. The van der Waals surface area contributed by atoms with Gasteiger partial charge in [0.15, 0.2) is 5.82 Å². The second-order valence-electron chi connectivity index (χ2n) is 9.61. The highest BCUT2D eigenvalue weighted by molar-refractivity contribution is 5.50. The normalized spacial score (nSPS) is 14.9. The smallest absolute Gasteiger partial charge is 0.173 e. The van der Waals surface area contributed by atoms with E-state index in [1.165, 1.54) is 22.5 Å². The van der Waals surface area contributed by atoms with E-state index in [2.05, 4.69) is 105 Å². The molecule has 5 rings (SSSR count). The molecule has 8 nitrogen and oxygen atoms in total. The number of hydrogen-bond donors (Lipinski definition) is 0. The minimum Gasteiger partial charge on any atom is -0.497 e. The Morgan fingerprint density at radius 1 is 0.865 bits per heavy atom. The minimum absolute atomic E-state index is 0.0139. The van der Waals surface area contributed by atoms with Crippen LogP contribution in [-0.4, -0.2) is 72.5 Å². The largest absolute Gasteiger partial charge is 0.497 e. The molecule has 3 aromatic carbocycles. The number of hydrogen-bond acceptors (Lipinski definition) is 7. The Balaban J connectivity index is 1.38. The number of nitrogens with zero attached hydrogens (tertiary/aromatic N) is 7. The van der Waals surface area contributed by atoms with E-state index in [1.807, 2.05) is 22.9 Å². The highest BCUT2D eigenvalue weighted by Gasteiger charge is 2.30. The summed E-state index contributed by atoms with van der Waals surface area (Å²) in [5.41, 5.74) is 4.89. The second-order valence-corrected chi connectivity index (χ2v) is 9.61. The Kier molecular flexibility index (Phi) is 7.65. The molecule has 0 aliphatic carbocycles. The van der Waals surface area contributed by atoms with Crippen molar-refractivity contribution in [2.75, 3.05) is 57.2 Å². The third-order valence-corrected chi connectivity index (χ3v) is 7.10. The first kappa shape index (κ1) is 24.8. The lowest BCUT2D eigenvalue weighted by Gasteiger charge is -2.40. The van der Waals surface area contributed by atoms with Gasteiger partial charge in [-0.1, -0.05) is 42.5 Å². The number of ether oxygens (including phenoxy) is 1. The van der Waals surface area contributed by atoms with E-state index < -0.39 is 0 Å². The summed E-state index contributed by atoms with van der Waals surface area (Å²) in [4.78, 5) is 7.06. The van der Waals surface area contributed by atoms with Crippen molar-refractivity contribution in [3.63, 3.8) is 0 Å². The molecule has 0 spiro atoms. The standard InChI is InChI=1S/C29H35N7O/c1-33(2)25-11-9-24(10-12-25)28(29-30-31-32-36(29)18-17-23-7-5-4-6-8-23)35-21-19-34(20-22-35)26-13-15-27(37-3)16-14-26/h4-16,28H,17-22H2,1-3H3/t28-/m0/s1. The van der Waals surface area contributed by atoms with Gasteiger partial charge in [-0.3, -0.25) is 4.90 Å². The average molecular weight is 498 g/mol. The fraction of sp³-hybridized carbons (Fsp3) is 0.345. The van der Waals surface area contributed by atoms with Crippen LogP contribution in [0.15, 0.2) is 78.9 Å². The molecular formula is C29H35N7O. The summed E-state index contributed by atoms with van der Waals surface area (Å²) < 4.78 is 7.31. The summed E-state index contributed by atoms with van der Waals surface area (Å²) in [5, 5.41) is 13.1. The number of aromatic nitrogens is 4. The molecular weight excluding hydrogens is 462 g/mol. The molecule has 37 heavy (non-hydrogen) atoms. The summed E-state index contributed by atoms with van der Waals surface area (Å²) in [5.74, 6) is 1.78. The van der Waals surface area contributed by atoms with Crippen LogP contribution >= 0.6 is 0 Å². The van der Waals surface area contributed by atoms with Crippen LogP contribution in [0, 0.1) is 0 Å². The van der Waals surface area contributed by atoms with E-state index in [1.54, 1.807) is 7.11 Å². The van der Waals surface area contributed by atoms with E-state index >= 15 is 0 Å². The lowest BCUT2D eigenvalue weighted by atomic mass is 10.0. The van der Waals surface area contributed by atoms with Crippen LogP contribution in [0.5, 0.6) is 5.75 Å². The van der Waals surface area contributed by atoms with Crippen LogP contribution in [0.1, 0.15) is 23.0 Å². The van der Waals surface area contributed by atoms with Crippen LogP contribution in [-0.2, 0) is 13.0 Å². The van der Waals surface area contributed by atoms with Gasteiger partial charge in [0, 0.05) is 58.2 Å². The van der Waals surface area contributed by atoms with E-state index in [4.69, 9.17) is 4.74 Å². The highest BCUT2D eigenvalue weighted by atomic mass is 16.5. The van der Waals surface area contributed by atoms with Crippen LogP contribution in [0.25, 0.3) is 0 Å². The molecule has 1 aromatic heterocycles. The van der Waals surface area contributed by atoms with Crippen LogP contribution in [0.2, 0.25) is 0 Å². The lowest BCUT2D eigenvalue weighted by molar-refractivity contribution is 0.200. The first-order valence-electron chi connectivity index (χ1n) is 12.8. The Bertz CT molecular complexity index is 1250. The van der Waals surface area contributed by atoms with Gasteiger partial charge in [-0.05, 0) is 64.4 Å². The molecule has 8 heteroatoms. The highest BCUT2D eigenvalue weighted by Crippen LogP contribution is 2.31. The van der Waals surface area contributed by atoms with Gasteiger partial charge in [-0.25, -0.2) is 4.68 Å². The summed E-state index contributed by atoms with van der Waals surface area (Å²) in [7, 11) is 5.83. The zero-order valence-corrected chi connectivity index (χ0v) is 21.9. The molecule has 0 N–H and O–H groups in total. The summed E-state index contributed by atoms with van der Waals surface area (Å²) in [6.07, 6.45) is 0.885. The van der Waals surface area contributed by atoms with E-state index in [0.717, 1.165) is 50.7 Å². The molecule has 0 bridgehead atoms. The Hall–Kier alpha value is -3.91. The zero-order chi connectivity index (χ0) is 25.6. The Labute approximate surface area is 219 Å². The zero-order valence-electron chi connectivity index (χ0n) is 21.9. The van der Waals surface area contributed by atoms with Crippen LogP contribution in [0.4, 0.5) is 11.4 Å². The van der Waals surface area contributed by atoms with Gasteiger partial charge in [-0.2, -0.15) is 0 Å². The monoisotopic (exact) mass is 497 g/mol. The molecule has 0 radical (unpaired) electrons. The predicted molar refractivity (Wildman–Crippen MR) is 147 cm³/mol. The summed E-state index contributed by atoms with van der Waals surface area (Å²) >= 11 is 0. The maximum atomic E-state index is 5.33. The van der Waals surface area contributed by atoms with E-state index in [9.17, 15) is 0 Å². The molecule has 1 aliphatic heterocycles. The van der Waals surface area contributed by atoms with Crippen molar-refractivity contribution in [1.29, 1.82) is 0 Å². The van der Waals surface area contributed by atoms with Gasteiger partial charge in [0.1, 0.15) is 5.75 Å². The van der Waals surface area contributed by atoms with Crippen molar-refractivity contribution in [3.05, 3.63) is 95.8 Å². The summed E-state index contributed by atoms with van der Waals surface area (Å²) in [6, 6.07) is 27.6. The Morgan fingerprint density at radius 2 is 1.57 bits per heavy atom. The lowest BCUT2D eigenvalue weighted by Crippen LogP contribution is -2.48. The second kappa shape index (κ2) is 11.4. The fourth-order valence-electron chi connectivity index (χ4n) is 4.96. The number of methoxy groups -OCH3 is 1. The first-order valence-corrected chi connectivity index (χ1v) is 12.8. The van der Waals surface area contributed by atoms with Crippen molar-refractivity contribution >= 4 is 11.4 Å². The van der Waals surface area contributed by atoms with Gasteiger partial charge in [0.25, 0.3) is 0 Å². The average Bonchev–Trinajstić information content (AvgIpc) is 3.41. The molecule has 0 saturated carbocycles. The van der Waals surface area contributed by atoms with E-state index in [0.29, 0.717) is 0 Å². The van der Waals surface area contributed by atoms with Crippen LogP contribution in [0.3, 0.4) is 0 Å². The molecule has 4 aromatic rings.